The highest BCUT2D eigenvalue weighted by Crippen LogP contribution is 2.26. The fourth-order valence-corrected chi connectivity index (χ4v) is 3.74. The highest BCUT2D eigenvalue weighted by atomic mass is 35.5. The van der Waals surface area contributed by atoms with Crippen molar-refractivity contribution in [1.82, 2.24) is 4.90 Å². The molecule has 0 unspecified atom stereocenters. The molecule has 1 N–H and O–H groups in total. The largest absolute Gasteiger partial charge is 0.378 e. The van der Waals surface area contributed by atoms with Gasteiger partial charge in [0.25, 0.3) is 11.8 Å². The third-order valence-electron chi connectivity index (χ3n) is 5.24. The van der Waals surface area contributed by atoms with Crippen molar-refractivity contribution in [2.24, 2.45) is 0 Å². The number of nitrogens with one attached hydrogen (secondary N) is 1. The number of hydrogen-bond acceptors (Lipinski definition) is 3. The van der Waals surface area contributed by atoms with Gasteiger partial charge in [-0.3, -0.25) is 9.59 Å². The summed E-state index contributed by atoms with van der Waals surface area (Å²) in [4.78, 5) is 28.2. The van der Waals surface area contributed by atoms with E-state index in [4.69, 9.17) is 16.3 Å². The van der Waals surface area contributed by atoms with E-state index in [1.54, 1.807) is 41.3 Å². The van der Waals surface area contributed by atoms with Gasteiger partial charge in [-0.15, -0.1) is 0 Å². The Balaban J connectivity index is 1.66. The molecule has 162 valence electrons. The van der Waals surface area contributed by atoms with Gasteiger partial charge in [0.15, 0.2) is 0 Å². The van der Waals surface area contributed by atoms with Gasteiger partial charge in [0.1, 0.15) is 0 Å². The summed E-state index contributed by atoms with van der Waals surface area (Å²) in [5, 5.41) is 3.49. The summed E-state index contributed by atoms with van der Waals surface area (Å²) >= 11 is 6.34. The van der Waals surface area contributed by atoms with Gasteiger partial charge in [-0.05, 0) is 35.4 Å². The number of rotatable bonds is 5. The monoisotopic (exact) mass is 446 g/mol. The van der Waals surface area contributed by atoms with Gasteiger partial charge in [-0.1, -0.05) is 72.3 Å². The fraction of sp³-hybridized carbons (Fsp3) is 0.154. The van der Waals surface area contributed by atoms with Crippen LogP contribution < -0.4 is 5.32 Å². The van der Waals surface area contributed by atoms with E-state index < -0.39 is 0 Å². The normalized spacial score (nSPS) is 14.2. The summed E-state index contributed by atoms with van der Waals surface area (Å²) in [6.45, 7) is 2.09. The minimum Gasteiger partial charge on any atom is -0.378 e. The Bertz CT molecular complexity index is 1140. The SMILES string of the molecule is O=C(Nc1ccccc1C(=O)N1CCOCC1)/C(=C/c1ccccc1Cl)c1ccccc1. The van der Waals surface area contributed by atoms with Gasteiger partial charge in [-0.25, -0.2) is 0 Å². The molecule has 1 heterocycles. The van der Waals surface area contributed by atoms with Gasteiger partial charge in [0.2, 0.25) is 0 Å². The molecule has 0 aliphatic carbocycles. The number of amides is 2. The molecule has 1 fully saturated rings. The molecule has 3 aromatic carbocycles. The molecule has 0 radical (unpaired) electrons. The van der Waals surface area contributed by atoms with E-state index in [1.165, 1.54) is 0 Å². The number of halogens is 1. The van der Waals surface area contributed by atoms with Crippen LogP contribution >= 0.6 is 11.6 Å². The van der Waals surface area contributed by atoms with Gasteiger partial charge < -0.3 is 15.0 Å². The average Bonchev–Trinajstić information content (AvgIpc) is 2.84. The van der Waals surface area contributed by atoms with Crippen LogP contribution in [0.2, 0.25) is 5.02 Å². The van der Waals surface area contributed by atoms with Gasteiger partial charge in [0, 0.05) is 23.7 Å². The summed E-state index contributed by atoms with van der Waals surface area (Å²) in [7, 11) is 0. The molecule has 2 amide bonds. The summed E-state index contributed by atoms with van der Waals surface area (Å²) < 4.78 is 5.35. The van der Waals surface area contributed by atoms with Crippen molar-refractivity contribution in [1.29, 1.82) is 0 Å². The average molecular weight is 447 g/mol. The first kappa shape index (κ1) is 21.8. The Hall–Kier alpha value is -3.41. The summed E-state index contributed by atoms with van der Waals surface area (Å²) in [5.74, 6) is -0.445. The second kappa shape index (κ2) is 10.3. The molecule has 0 spiro atoms. The lowest BCUT2D eigenvalue weighted by Gasteiger charge is -2.27. The second-order valence-corrected chi connectivity index (χ2v) is 7.76. The molecule has 6 heteroatoms. The van der Waals surface area contributed by atoms with Crippen LogP contribution in [0.15, 0.2) is 78.9 Å². The predicted molar refractivity (Wildman–Crippen MR) is 128 cm³/mol. The van der Waals surface area contributed by atoms with Crippen molar-refractivity contribution in [2.75, 3.05) is 31.6 Å². The molecule has 32 heavy (non-hydrogen) atoms. The number of carbonyl (C=O) groups is 2. The van der Waals surface area contributed by atoms with E-state index in [0.29, 0.717) is 48.1 Å². The lowest BCUT2D eigenvalue weighted by molar-refractivity contribution is -0.111. The number of nitrogens with zero attached hydrogens (tertiary/aromatic N) is 1. The van der Waals surface area contributed by atoms with E-state index in [0.717, 1.165) is 11.1 Å². The minimum absolute atomic E-state index is 0.124. The maximum atomic E-state index is 13.4. The van der Waals surface area contributed by atoms with Crippen molar-refractivity contribution >= 4 is 40.8 Å². The maximum Gasteiger partial charge on any atom is 0.256 e. The summed E-state index contributed by atoms with van der Waals surface area (Å²) in [5.41, 5.74) is 2.86. The molecule has 0 saturated carbocycles. The smallest absolute Gasteiger partial charge is 0.256 e. The quantitative estimate of drug-likeness (QED) is 0.443. The van der Waals surface area contributed by atoms with Crippen molar-refractivity contribution in [2.45, 2.75) is 0 Å². The van der Waals surface area contributed by atoms with Crippen LogP contribution in [0.25, 0.3) is 11.6 Å². The molecule has 0 atom stereocenters. The zero-order valence-electron chi connectivity index (χ0n) is 17.5. The van der Waals surface area contributed by atoms with E-state index in [-0.39, 0.29) is 11.8 Å². The zero-order chi connectivity index (χ0) is 22.3. The number of benzene rings is 3. The zero-order valence-corrected chi connectivity index (χ0v) is 18.2. The van der Waals surface area contributed by atoms with Crippen molar-refractivity contribution in [3.63, 3.8) is 0 Å². The summed E-state index contributed by atoms with van der Waals surface area (Å²) in [6, 6.07) is 23.8. The van der Waals surface area contributed by atoms with E-state index in [9.17, 15) is 9.59 Å². The van der Waals surface area contributed by atoms with Gasteiger partial charge >= 0.3 is 0 Å². The Labute approximate surface area is 192 Å². The Kier molecular flexibility index (Phi) is 7.00. The van der Waals surface area contributed by atoms with Crippen molar-refractivity contribution < 1.29 is 14.3 Å². The number of carbonyl (C=O) groups excluding carboxylic acids is 2. The Morgan fingerprint density at radius 2 is 1.53 bits per heavy atom. The minimum atomic E-state index is -0.321. The molecule has 4 rings (SSSR count). The molecule has 1 aliphatic rings. The first-order valence-electron chi connectivity index (χ1n) is 10.4. The van der Waals surface area contributed by atoms with Gasteiger partial charge in [-0.2, -0.15) is 0 Å². The number of morpholine rings is 1. The van der Waals surface area contributed by atoms with Crippen LogP contribution in [0.1, 0.15) is 21.5 Å². The third-order valence-corrected chi connectivity index (χ3v) is 5.58. The molecule has 1 saturated heterocycles. The van der Waals surface area contributed by atoms with E-state index in [2.05, 4.69) is 5.32 Å². The molecule has 3 aromatic rings. The standard InChI is InChI=1S/C26H23ClN2O3/c27-23-12-6-4-10-20(23)18-22(19-8-2-1-3-9-19)25(30)28-24-13-7-5-11-21(24)26(31)29-14-16-32-17-15-29/h1-13,18H,14-17H2,(H,28,30)/b22-18+. The Morgan fingerprint density at radius 1 is 0.875 bits per heavy atom. The van der Waals surface area contributed by atoms with E-state index >= 15 is 0 Å². The lowest BCUT2D eigenvalue weighted by atomic mass is 10.0. The molecule has 5 nitrogen and oxygen atoms in total. The van der Waals surface area contributed by atoms with Crippen LogP contribution in [0.4, 0.5) is 5.69 Å². The number of ether oxygens (including phenoxy) is 1. The van der Waals surface area contributed by atoms with Crippen LogP contribution in [0, 0.1) is 0 Å². The van der Waals surface area contributed by atoms with Crippen molar-refractivity contribution in [3.05, 3.63) is 101 Å². The topological polar surface area (TPSA) is 58.6 Å². The lowest BCUT2D eigenvalue weighted by Crippen LogP contribution is -2.41. The Morgan fingerprint density at radius 3 is 2.28 bits per heavy atom. The van der Waals surface area contributed by atoms with Crippen molar-refractivity contribution in [3.8, 4) is 0 Å². The predicted octanol–water partition coefficient (Wildman–Crippen LogP) is 4.99. The first-order chi connectivity index (χ1) is 15.6. The van der Waals surface area contributed by atoms with E-state index in [1.807, 2.05) is 48.5 Å². The highest BCUT2D eigenvalue weighted by molar-refractivity contribution is 6.34. The maximum absolute atomic E-state index is 13.4. The molecule has 0 bridgehead atoms. The van der Waals surface area contributed by atoms with Crippen LogP contribution in [-0.4, -0.2) is 43.0 Å². The third kappa shape index (κ3) is 5.07. The fourth-order valence-electron chi connectivity index (χ4n) is 3.55. The number of anilines is 1. The van der Waals surface area contributed by atoms with Crippen LogP contribution in [0.3, 0.4) is 0 Å². The number of para-hydroxylation sites is 1. The summed E-state index contributed by atoms with van der Waals surface area (Å²) in [6.07, 6.45) is 1.76. The second-order valence-electron chi connectivity index (χ2n) is 7.35. The number of hydrogen-bond donors (Lipinski definition) is 1. The molecule has 1 aliphatic heterocycles. The first-order valence-corrected chi connectivity index (χ1v) is 10.8. The highest BCUT2D eigenvalue weighted by Gasteiger charge is 2.22. The van der Waals surface area contributed by atoms with Crippen LogP contribution in [-0.2, 0) is 9.53 Å². The molecular weight excluding hydrogens is 424 g/mol. The van der Waals surface area contributed by atoms with Gasteiger partial charge in [0.05, 0.1) is 24.5 Å². The molecule has 0 aromatic heterocycles. The molecular formula is C26H23ClN2O3. The van der Waals surface area contributed by atoms with Crippen LogP contribution in [0.5, 0.6) is 0 Å².